The topological polar surface area (TPSA) is 157 Å². The first-order chi connectivity index (χ1) is 13.2. The third-order valence-electron chi connectivity index (χ3n) is 4.23. The van der Waals surface area contributed by atoms with Crippen LogP contribution in [0.2, 0.25) is 0 Å². The van der Waals surface area contributed by atoms with Crippen molar-refractivity contribution < 1.29 is 29.1 Å². The van der Waals surface area contributed by atoms with Gasteiger partial charge in [0.25, 0.3) is 11.6 Å². The lowest BCUT2D eigenvalue weighted by Gasteiger charge is -2.17. The number of aromatic nitrogens is 2. The van der Waals surface area contributed by atoms with Crippen LogP contribution < -0.4 is 11.0 Å². The normalized spacial score (nSPS) is 24.1. The van der Waals surface area contributed by atoms with Gasteiger partial charge in [-0.3, -0.25) is 19.5 Å². The van der Waals surface area contributed by atoms with Crippen molar-refractivity contribution in [2.75, 3.05) is 5.32 Å². The van der Waals surface area contributed by atoms with E-state index in [0.717, 1.165) is 24.3 Å². The van der Waals surface area contributed by atoms with Gasteiger partial charge in [-0.15, -0.1) is 0 Å². The van der Waals surface area contributed by atoms with Crippen LogP contribution in [0.15, 0.2) is 35.3 Å². The van der Waals surface area contributed by atoms with Crippen LogP contribution in [0.4, 0.5) is 15.9 Å². The molecule has 1 aromatic carbocycles. The van der Waals surface area contributed by atoms with Gasteiger partial charge in [-0.2, -0.15) is 4.98 Å². The molecule has 0 spiro atoms. The van der Waals surface area contributed by atoms with Crippen molar-refractivity contribution in [1.29, 1.82) is 0 Å². The van der Waals surface area contributed by atoms with Crippen molar-refractivity contribution in [3.63, 3.8) is 0 Å². The molecule has 3 rings (SSSR count). The van der Waals surface area contributed by atoms with E-state index in [9.17, 15) is 34.3 Å². The van der Waals surface area contributed by atoms with Crippen LogP contribution in [0.25, 0.3) is 0 Å². The monoisotopic (exact) mass is 394 g/mol. The fourth-order valence-electron chi connectivity index (χ4n) is 2.69. The molecule has 1 aliphatic rings. The number of nitrogens with zero attached hydrogens (tertiary/aromatic N) is 3. The SMILES string of the molecule is C[C@H]1O[C@@H](n2cc(F)c(NC(=O)c3ccc([N+](=O)[O-])cc3)nc2=O)[C@H](O)[C@@H]1O. The molecule has 1 fully saturated rings. The molecule has 1 aliphatic heterocycles. The van der Waals surface area contributed by atoms with Gasteiger partial charge in [0, 0.05) is 17.7 Å². The summed E-state index contributed by atoms with van der Waals surface area (Å²) in [4.78, 5) is 37.7. The number of ether oxygens (including phenoxy) is 1. The van der Waals surface area contributed by atoms with Gasteiger partial charge >= 0.3 is 5.69 Å². The number of anilines is 1. The first kappa shape index (κ1) is 19.5. The molecule has 0 aliphatic carbocycles. The molecular weight excluding hydrogens is 379 g/mol. The fourth-order valence-corrected chi connectivity index (χ4v) is 2.69. The van der Waals surface area contributed by atoms with Gasteiger partial charge in [0.05, 0.1) is 17.2 Å². The standard InChI is InChI=1S/C16H15FN4O7/c1-7-11(22)12(23)15(28-7)20-6-10(17)13(19-16(20)25)18-14(24)8-2-4-9(5-3-8)21(26)27/h2-7,11-12,15,22-23H,1H3,(H,18,19,24,25)/t7-,11-,12-,15-/m1/s1. The number of non-ortho nitro benzene ring substituents is 1. The molecule has 1 aromatic heterocycles. The third-order valence-corrected chi connectivity index (χ3v) is 4.23. The Morgan fingerprint density at radius 1 is 1.32 bits per heavy atom. The number of aliphatic hydroxyl groups excluding tert-OH is 2. The molecule has 0 saturated carbocycles. The summed E-state index contributed by atoms with van der Waals surface area (Å²) in [5, 5.41) is 32.4. The van der Waals surface area contributed by atoms with Crippen LogP contribution in [-0.2, 0) is 4.74 Å². The molecule has 28 heavy (non-hydrogen) atoms. The van der Waals surface area contributed by atoms with E-state index in [1.807, 2.05) is 0 Å². The first-order valence-corrected chi connectivity index (χ1v) is 8.05. The zero-order valence-electron chi connectivity index (χ0n) is 14.4. The number of aliphatic hydroxyl groups is 2. The number of hydrogen-bond donors (Lipinski definition) is 3. The molecule has 0 unspecified atom stereocenters. The van der Waals surface area contributed by atoms with Crippen LogP contribution in [0.1, 0.15) is 23.5 Å². The second-order valence-corrected chi connectivity index (χ2v) is 6.10. The summed E-state index contributed by atoms with van der Waals surface area (Å²) in [6.45, 7) is 1.47. The van der Waals surface area contributed by atoms with E-state index in [-0.39, 0.29) is 11.3 Å². The first-order valence-electron chi connectivity index (χ1n) is 8.05. The lowest BCUT2D eigenvalue weighted by Crippen LogP contribution is -2.36. The maximum atomic E-state index is 14.3. The molecule has 11 nitrogen and oxygen atoms in total. The molecule has 3 N–H and O–H groups in total. The van der Waals surface area contributed by atoms with Gasteiger partial charge in [0.2, 0.25) is 0 Å². The van der Waals surface area contributed by atoms with Gasteiger partial charge in [-0.1, -0.05) is 0 Å². The highest BCUT2D eigenvalue weighted by molar-refractivity contribution is 6.03. The zero-order valence-corrected chi connectivity index (χ0v) is 14.4. The number of carbonyl (C=O) groups is 1. The average molecular weight is 394 g/mol. The fraction of sp³-hybridized carbons (Fsp3) is 0.312. The Morgan fingerprint density at radius 3 is 2.50 bits per heavy atom. The third kappa shape index (κ3) is 3.60. The lowest BCUT2D eigenvalue weighted by molar-refractivity contribution is -0.384. The highest BCUT2D eigenvalue weighted by Gasteiger charge is 2.42. The van der Waals surface area contributed by atoms with Crippen molar-refractivity contribution in [2.24, 2.45) is 0 Å². The number of rotatable bonds is 4. The number of carbonyl (C=O) groups excluding carboxylic acids is 1. The molecule has 1 saturated heterocycles. The Bertz CT molecular complexity index is 978. The maximum absolute atomic E-state index is 14.3. The molecule has 148 valence electrons. The summed E-state index contributed by atoms with van der Waals surface area (Å²) in [6.07, 6.45) is -4.15. The Hall–Kier alpha value is -3.22. The van der Waals surface area contributed by atoms with Crippen LogP contribution >= 0.6 is 0 Å². The van der Waals surface area contributed by atoms with Crippen molar-refractivity contribution >= 4 is 17.4 Å². The van der Waals surface area contributed by atoms with E-state index >= 15 is 0 Å². The van der Waals surface area contributed by atoms with Crippen LogP contribution in [0, 0.1) is 15.9 Å². The quantitative estimate of drug-likeness (QED) is 0.490. The second kappa shape index (κ2) is 7.42. The van der Waals surface area contributed by atoms with E-state index in [2.05, 4.69) is 10.3 Å². The predicted molar refractivity (Wildman–Crippen MR) is 91.1 cm³/mol. The Balaban J connectivity index is 1.82. The Labute approximate surface area is 156 Å². The molecule has 1 amide bonds. The number of halogens is 1. The summed E-state index contributed by atoms with van der Waals surface area (Å²) in [7, 11) is 0. The summed E-state index contributed by atoms with van der Waals surface area (Å²) in [6, 6.07) is 4.53. The van der Waals surface area contributed by atoms with E-state index in [1.165, 1.54) is 6.92 Å². The number of benzene rings is 1. The molecular formula is C16H15FN4O7. The van der Waals surface area contributed by atoms with Gasteiger partial charge in [0.1, 0.15) is 12.2 Å². The average Bonchev–Trinajstić information content (AvgIpc) is 2.91. The summed E-state index contributed by atoms with van der Waals surface area (Å²) in [5.41, 5.74) is -1.26. The van der Waals surface area contributed by atoms with Crippen LogP contribution in [-0.4, -0.2) is 48.9 Å². The summed E-state index contributed by atoms with van der Waals surface area (Å²) >= 11 is 0. The molecule has 2 heterocycles. The molecule has 0 radical (unpaired) electrons. The molecule has 0 bridgehead atoms. The highest BCUT2D eigenvalue weighted by atomic mass is 19.1. The summed E-state index contributed by atoms with van der Waals surface area (Å²) in [5.74, 6) is -2.58. The minimum Gasteiger partial charge on any atom is -0.388 e. The van der Waals surface area contributed by atoms with Crippen molar-refractivity contribution in [2.45, 2.75) is 31.5 Å². The van der Waals surface area contributed by atoms with Gasteiger partial charge in [-0.05, 0) is 19.1 Å². The predicted octanol–water partition coefficient (Wildman–Crippen LogP) is 0.182. The van der Waals surface area contributed by atoms with Crippen LogP contribution in [0.5, 0.6) is 0 Å². The largest absolute Gasteiger partial charge is 0.388 e. The van der Waals surface area contributed by atoms with Crippen molar-refractivity contribution in [3.8, 4) is 0 Å². The number of nitrogens with one attached hydrogen (secondary N) is 1. The molecule has 2 aromatic rings. The van der Waals surface area contributed by atoms with Crippen LogP contribution in [0.3, 0.4) is 0 Å². The summed E-state index contributed by atoms with van der Waals surface area (Å²) < 4.78 is 20.2. The number of nitro benzene ring substituents is 1. The number of nitro groups is 1. The minimum atomic E-state index is -1.46. The number of amides is 1. The molecule has 12 heteroatoms. The Morgan fingerprint density at radius 2 is 1.96 bits per heavy atom. The van der Waals surface area contributed by atoms with E-state index in [0.29, 0.717) is 10.8 Å². The van der Waals surface area contributed by atoms with E-state index in [1.54, 1.807) is 0 Å². The minimum absolute atomic E-state index is 0.0116. The van der Waals surface area contributed by atoms with Crippen molar-refractivity contribution in [1.82, 2.24) is 9.55 Å². The second-order valence-electron chi connectivity index (χ2n) is 6.10. The smallest absolute Gasteiger partial charge is 0.351 e. The Kier molecular flexibility index (Phi) is 5.18. The van der Waals surface area contributed by atoms with Gasteiger partial charge < -0.3 is 20.3 Å². The maximum Gasteiger partial charge on any atom is 0.351 e. The van der Waals surface area contributed by atoms with Crippen molar-refractivity contribution in [3.05, 3.63) is 62.4 Å². The van der Waals surface area contributed by atoms with E-state index in [4.69, 9.17) is 4.74 Å². The van der Waals surface area contributed by atoms with E-state index < -0.39 is 52.7 Å². The lowest BCUT2D eigenvalue weighted by atomic mass is 10.1. The van der Waals surface area contributed by atoms with Gasteiger partial charge in [0.15, 0.2) is 17.9 Å². The van der Waals surface area contributed by atoms with Gasteiger partial charge in [-0.25, -0.2) is 9.18 Å². The highest BCUT2D eigenvalue weighted by Crippen LogP contribution is 2.28. The zero-order chi connectivity index (χ0) is 20.6. The molecule has 4 atom stereocenters. The number of hydrogen-bond acceptors (Lipinski definition) is 8.